The molecule has 4 unspecified atom stereocenters. The molecule has 0 aromatic rings. The maximum atomic E-state index is 13.1. The normalized spacial score (nSPS) is 39.8. The molecule has 0 amide bonds. The van der Waals surface area contributed by atoms with Gasteiger partial charge in [-0.05, 0) is 38.6 Å². The summed E-state index contributed by atoms with van der Waals surface area (Å²) in [5, 5.41) is 3.41. The van der Waals surface area contributed by atoms with Gasteiger partial charge in [-0.3, -0.25) is 4.90 Å². The van der Waals surface area contributed by atoms with Gasteiger partial charge in [0.05, 0.1) is 5.92 Å². The van der Waals surface area contributed by atoms with Gasteiger partial charge in [0, 0.05) is 24.7 Å². The molecule has 1 aliphatic carbocycles. The van der Waals surface area contributed by atoms with E-state index in [1.54, 1.807) is 0 Å². The molecule has 4 atom stereocenters. The molecular formula is C15H25F3N2. The number of halogens is 3. The monoisotopic (exact) mass is 290 g/mol. The number of hydrogen-bond acceptors (Lipinski definition) is 2. The molecule has 0 spiro atoms. The highest BCUT2D eigenvalue weighted by Crippen LogP contribution is 2.39. The van der Waals surface area contributed by atoms with Crippen LogP contribution in [0.5, 0.6) is 0 Å². The van der Waals surface area contributed by atoms with Crippen LogP contribution in [0.3, 0.4) is 0 Å². The maximum Gasteiger partial charge on any atom is 0.393 e. The van der Waals surface area contributed by atoms with Crippen molar-refractivity contribution in [2.75, 3.05) is 13.1 Å². The minimum atomic E-state index is -4.04. The van der Waals surface area contributed by atoms with E-state index in [4.69, 9.17) is 0 Å². The van der Waals surface area contributed by atoms with E-state index in [9.17, 15) is 13.2 Å². The van der Waals surface area contributed by atoms with Crippen molar-refractivity contribution in [3.05, 3.63) is 0 Å². The molecule has 3 aliphatic rings. The van der Waals surface area contributed by atoms with Crippen molar-refractivity contribution in [2.24, 2.45) is 5.92 Å². The standard InChI is InChI=1S/C15H25F3N2/c16-15(17,18)11-5-1-2-6-12(11)19-13-8-10-20-9-4-3-7-14(13)20/h11-14,19H,1-10H2. The molecule has 2 aliphatic heterocycles. The molecule has 1 saturated carbocycles. The fraction of sp³-hybridized carbons (Fsp3) is 1.00. The molecule has 0 aromatic heterocycles. The molecule has 3 fully saturated rings. The quantitative estimate of drug-likeness (QED) is 0.839. The highest BCUT2D eigenvalue weighted by Gasteiger charge is 2.47. The molecule has 20 heavy (non-hydrogen) atoms. The number of nitrogens with one attached hydrogen (secondary N) is 1. The first-order chi connectivity index (χ1) is 9.55. The van der Waals surface area contributed by atoms with E-state index in [1.165, 1.54) is 12.8 Å². The van der Waals surface area contributed by atoms with E-state index in [1.807, 2.05) is 0 Å². The first-order valence-electron chi connectivity index (χ1n) is 8.12. The summed E-state index contributed by atoms with van der Waals surface area (Å²) in [7, 11) is 0. The Morgan fingerprint density at radius 1 is 0.800 bits per heavy atom. The van der Waals surface area contributed by atoms with Gasteiger partial charge in [-0.15, -0.1) is 0 Å². The summed E-state index contributed by atoms with van der Waals surface area (Å²) in [6.07, 6.45) is 3.27. The van der Waals surface area contributed by atoms with Crippen molar-refractivity contribution in [3.8, 4) is 0 Å². The molecule has 116 valence electrons. The first-order valence-corrected chi connectivity index (χ1v) is 8.12. The van der Waals surface area contributed by atoms with Crippen LogP contribution in [0.25, 0.3) is 0 Å². The Balaban J connectivity index is 1.63. The molecule has 3 rings (SSSR count). The number of nitrogens with zero attached hydrogens (tertiary/aromatic N) is 1. The predicted molar refractivity (Wildman–Crippen MR) is 72.6 cm³/mol. The van der Waals surface area contributed by atoms with Gasteiger partial charge in [0.2, 0.25) is 0 Å². The van der Waals surface area contributed by atoms with E-state index >= 15 is 0 Å². The molecule has 2 nitrogen and oxygen atoms in total. The van der Waals surface area contributed by atoms with Crippen molar-refractivity contribution in [3.63, 3.8) is 0 Å². The lowest BCUT2D eigenvalue weighted by atomic mass is 9.83. The molecule has 0 radical (unpaired) electrons. The Kier molecular flexibility index (Phi) is 4.27. The third-order valence-corrected chi connectivity index (χ3v) is 5.47. The summed E-state index contributed by atoms with van der Waals surface area (Å²) >= 11 is 0. The second kappa shape index (κ2) is 5.84. The summed E-state index contributed by atoms with van der Waals surface area (Å²) < 4.78 is 39.4. The van der Waals surface area contributed by atoms with Crippen molar-refractivity contribution in [1.29, 1.82) is 0 Å². The zero-order valence-electron chi connectivity index (χ0n) is 12.0. The van der Waals surface area contributed by atoms with Crippen molar-refractivity contribution >= 4 is 0 Å². The Morgan fingerprint density at radius 3 is 2.35 bits per heavy atom. The summed E-state index contributed by atoms with van der Waals surface area (Å²) in [5.41, 5.74) is 0. The molecule has 5 heteroatoms. The summed E-state index contributed by atoms with van der Waals surface area (Å²) in [5.74, 6) is -1.13. The topological polar surface area (TPSA) is 15.3 Å². The van der Waals surface area contributed by atoms with Gasteiger partial charge in [-0.25, -0.2) is 0 Å². The Bertz CT molecular complexity index is 332. The van der Waals surface area contributed by atoms with Crippen LogP contribution in [0.2, 0.25) is 0 Å². The lowest BCUT2D eigenvalue weighted by molar-refractivity contribution is -0.189. The number of rotatable bonds is 2. The van der Waals surface area contributed by atoms with E-state index in [-0.39, 0.29) is 12.1 Å². The van der Waals surface area contributed by atoms with Crippen molar-refractivity contribution in [1.82, 2.24) is 10.2 Å². The fourth-order valence-corrected chi connectivity index (χ4v) is 4.44. The molecule has 0 aromatic carbocycles. The Morgan fingerprint density at radius 2 is 1.55 bits per heavy atom. The van der Waals surface area contributed by atoms with Crippen LogP contribution < -0.4 is 5.32 Å². The predicted octanol–water partition coefficient (Wildman–Crippen LogP) is 3.32. The van der Waals surface area contributed by atoms with E-state index in [2.05, 4.69) is 10.2 Å². The first kappa shape index (κ1) is 14.6. The molecule has 1 N–H and O–H groups in total. The minimum Gasteiger partial charge on any atom is -0.309 e. The highest BCUT2D eigenvalue weighted by molar-refractivity contribution is 4.97. The third kappa shape index (κ3) is 2.98. The van der Waals surface area contributed by atoms with Crippen molar-refractivity contribution < 1.29 is 13.2 Å². The summed E-state index contributed by atoms with van der Waals surface area (Å²) in [4.78, 5) is 2.48. The Hall–Kier alpha value is -0.290. The molecule has 2 saturated heterocycles. The summed E-state index contributed by atoms with van der Waals surface area (Å²) in [6.45, 7) is 2.20. The number of fused-ring (bicyclic) bond motifs is 1. The Labute approximate surface area is 119 Å². The number of alkyl halides is 3. The van der Waals surface area contributed by atoms with Gasteiger partial charge in [0.1, 0.15) is 0 Å². The van der Waals surface area contributed by atoms with Crippen LogP contribution in [0.1, 0.15) is 51.4 Å². The molecule has 2 heterocycles. The van der Waals surface area contributed by atoms with Gasteiger partial charge < -0.3 is 5.32 Å². The van der Waals surface area contributed by atoms with Gasteiger partial charge in [-0.1, -0.05) is 19.3 Å². The largest absolute Gasteiger partial charge is 0.393 e. The van der Waals surface area contributed by atoms with Crippen LogP contribution in [-0.2, 0) is 0 Å². The van der Waals surface area contributed by atoms with Crippen LogP contribution in [-0.4, -0.2) is 42.3 Å². The zero-order chi connectivity index (χ0) is 14.2. The van der Waals surface area contributed by atoms with E-state index < -0.39 is 12.1 Å². The smallest absolute Gasteiger partial charge is 0.309 e. The average Bonchev–Trinajstić information content (AvgIpc) is 2.82. The SMILES string of the molecule is FC(F)(F)C1CCCCC1NC1CCN2CCCCC12. The lowest BCUT2D eigenvalue weighted by Gasteiger charge is -2.38. The molecule has 0 bridgehead atoms. The van der Waals surface area contributed by atoms with Gasteiger partial charge in [0.15, 0.2) is 0 Å². The van der Waals surface area contributed by atoms with E-state index in [0.717, 1.165) is 38.8 Å². The number of hydrogen-bond donors (Lipinski definition) is 1. The second-order valence-corrected chi connectivity index (χ2v) is 6.70. The average molecular weight is 290 g/mol. The van der Waals surface area contributed by atoms with Gasteiger partial charge >= 0.3 is 6.18 Å². The number of piperidine rings is 1. The van der Waals surface area contributed by atoms with Crippen LogP contribution in [0.15, 0.2) is 0 Å². The van der Waals surface area contributed by atoms with E-state index in [0.29, 0.717) is 18.9 Å². The zero-order valence-corrected chi connectivity index (χ0v) is 12.0. The molecular weight excluding hydrogens is 265 g/mol. The lowest BCUT2D eigenvalue weighted by Crippen LogP contribution is -2.53. The van der Waals surface area contributed by atoms with Gasteiger partial charge in [0.25, 0.3) is 0 Å². The minimum absolute atomic E-state index is 0.281. The van der Waals surface area contributed by atoms with Crippen LogP contribution in [0.4, 0.5) is 13.2 Å². The maximum absolute atomic E-state index is 13.1. The summed E-state index contributed by atoms with van der Waals surface area (Å²) in [6, 6.07) is 0.415. The third-order valence-electron chi connectivity index (χ3n) is 5.47. The highest BCUT2D eigenvalue weighted by atomic mass is 19.4. The van der Waals surface area contributed by atoms with Crippen molar-refractivity contribution in [2.45, 2.75) is 75.7 Å². The fourth-order valence-electron chi connectivity index (χ4n) is 4.44. The second-order valence-electron chi connectivity index (χ2n) is 6.70. The van der Waals surface area contributed by atoms with Gasteiger partial charge in [-0.2, -0.15) is 13.2 Å². The van der Waals surface area contributed by atoms with Crippen LogP contribution in [0, 0.1) is 5.92 Å². The van der Waals surface area contributed by atoms with Crippen LogP contribution >= 0.6 is 0 Å².